The van der Waals surface area contributed by atoms with Gasteiger partial charge in [0, 0.05) is 21.9 Å². The van der Waals surface area contributed by atoms with Gasteiger partial charge in [-0.1, -0.05) is 20.8 Å². The van der Waals surface area contributed by atoms with Gasteiger partial charge in [0.15, 0.2) is 0 Å². The monoisotopic (exact) mass is 306 g/mol. The van der Waals surface area contributed by atoms with Gasteiger partial charge in [0.25, 0.3) is 0 Å². The summed E-state index contributed by atoms with van der Waals surface area (Å²) >= 11 is 1.70. The number of nitrogens with two attached hydrogens (primary N) is 1. The molecule has 0 spiro atoms. The van der Waals surface area contributed by atoms with Crippen LogP contribution in [0.25, 0.3) is 0 Å². The summed E-state index contributed by atoms with van der Waals surface area (Å²) in [6.45, 7) is 6.99. The normalized spacial score (nSPS) is 11.4. The first-order valence-electron chi connectivity index (χ1n) is 6.70. The van der Waals surface area contributed by atoms with Crippen LogP contribution >= 0.6 is 11.3 Å². The van der Waals surface area contributed by atoms with Crippen LogP contribution in [0.3, 0.4) is 0 Å². The van der Waals surface area contributed by atoms with Crippen LogP contribution in [0.1, 0.15) is 40.9 Å². The van der Waals surface area contributed by atoms with Gasteiger partial charge in [-0.25, -0.2) is 4.39 Å². The van der Waals surface area contributed by atoms with Gasteiger partial charge in [0.05, 0.1) is 5.69 Å². The number of hydrogen-bond donors (Lipinski definition) is 2. The molecular weight excluding hydrogens is 287 g/mol. The van der Waals surface area contributed by atoms with Gasteiger partial charge in [-0.15, -0.1) is 11.3 Å². The van der Waals surface area contributed by atoms with Crippen molar-refractivity contribution in [3.8, 4) is 0 Å². The van der Waals surface area contributed by atoms with Crippen molar-refractivity contribution in [2.24, 2.45) is 5.73 Å². The van der Waals surface area contributed by atoms with E-state index in [1.807, 2.05) is 6.07 Å². The lowest BCUT2D eigenvalue weighted by Gasteiger charge is -2.15. The number of rotatable bonds is 4. The summed E-state index contributed by atoms with van der Waals surface area (Å²) in [6, 6.07) is 8.20. The number of carbonyl (C=O) groups excluding carboxylic acids is 1. The Morgan fingerprint density at radius 3 is 2.57 bits per heavy atom. The third-order valence-corrected chi connectivity index (χ3v) is 4.62. The molecule has 0 fully saturated rings. The third-order valence-electron chi connectivity index (χ3n) is 3.10. The molecule has 5 heteroatoms. The molecule has 1 heterocycles. The first-order chi connectivity index (χ1) is 9.77. The standard InChI is InChI=1S/C16H19FN2OS/c1-16(2,3)14-7-5-11(21-14)9-19-13-8-10(15(18)20)4-6-12(13)17/h4-8,19H,9H2,1-3H3,(H2,18,20). The molecule has 0 bridgehead atoms. The van der Waals surface area contributed by atoms with Crippen LogP contribution in [-0.4, -0.2) is 5.91 Å². The average molecular weight is 306 g/mol. The van der Waals surface area contributed by atoms with Crippen LogP contribution in [0, 0.1) is 5.82 Å². The fourth-order valence-electron chi connectivity index (χ4n) is 1.87. The van der Waals surface area contributed by atoms with E-state index in [4.69, 9.17) is 5.73 Å². The second-order valence-electron chi connectivity index (χ2n) is 5.93. The Kier molecular flexibility index (Phi) is 4.32. The summed E-state index contributed by atoms with van der Waals surface area (Å²) in [5.41, 5.74) is 5.90. The van der Waals surface area contributed by atoms with Crippen molar-refractivity contribution in [1.29, 1.82) is 0 Å². The van der Waals surface area contributed by atoms with Crippen LogP contribution in [0.5, 0.6) is 0 Å². The lowest BCUT2D eigenvalue weighted by atomic mass is 9.95. The fourth-order valence-corrected chi connectivity index (χ4v) is 2.88. The maximum absolute atomic E-state index is 13.7. The van der Waals surface area contributed by atoms with E-state index in [1.165, 1.54) is 23.1 Å². The molecule has 0 saturated heterocycles. The fraction of sp³-hybridized carbons (Fsp3) is 0.312. The second kappa shape index (κ2) is 5.85. The molecule has 0 atom stereocenters. The number of halogens is 1. The van der Waals surface area contributed by atoms with E-state index >= 15 is 0 Å². The van der Waals surface area contributed by atoms with Crippen molar-refractivity contribution >= 4 is 22.9 Å². The molecule has 1 aromatic heterocycles. The van der Waals surface area contributed by atoms with E-state index in [0.717, 1.165) is 4.88 Å². The van der Waals surface area contributed by atoms with Crippen molar-refractivity contribution in [1.82, 2.24) is 0 Å². The first-order valence-corrected chi connectivity index (χ1v) is 7.51. The quantitative estimate of drug-likeness (QED) is 0.900. The zero-order valence-corrected chi connectivity index (χ0v) is 13.2. The van der Waals surface area contributed by atoms with Gasteiger partial charge in [-0.05, 0) is 35.7 Å². The molecule has 1 aromatic carbocycles. The largest absolute Gasteiger partial charge is 0.378 e. The van der Waals surface area contributed by atoms with Gasteiger partial charge in [0.2, 0.25) is 5.91 Å². The molecule has 0 aliphatic heterocycles. The van der Waals surface area contributed by atoms with E-state index < -0.39 is 11.7 Å². The molecule has 0 aliphatic rings. The van der Waals surface area contributed by atoms with Crippen LogP contribution < -0.4 is 11.1 Å². The minimum Gasteiger partial charge on any atom is -0.378 e. The number of amides is 1. The predicted octanol–water partition coefficient (Wildman–Crippen LogP) is 3.90. The Hall–Kier alpha value is -1.88. The molecule has 21 heavy (non-hydrogen) atoms. The van der Waals surface area contributed by atoms with Gasteiger partial charge in [-0.2, -0.15) is 0 Å². The van der Waals surface area contributed by atoms with E-state index in [-0.39, 0.29) is 11.1 Å². The Balaban J connectivity index is 2.11. The van der Waals surface area contributed by atoms with Gasteiger partial charge >= 0.3 is 0 Å². The minimum absolute atomic E-state index is 0.111. The number of primary amides is 1. The predicted molar refractivity (Wildman–Crippen MR) is 85.3 cm³/mol. The Labute approximate surface area is 128 Å². The molecule has 0 saturated carbocycles. The Bertz CT molecular complexity index is 659. The number of carbonyl (C=O) groups is 1. The topological polar surface area (TPSA) is 55.1 Å². The number of thiophene rings is 1. The number of hydrogen-bond acceptors (Lipinski definition) is 3. The molecule has 0 unspecified atom stereocenters. The summed E-state index contributed by atoms with van der Waals surface area (Å²) in [5, 5.41) is 3.02. The smallest absolute Gasteiger partial charge is 0.248 e. The molecule has 3 nitrogen and oxygen atoms in total. The van der Waals surface area contributed by atoms with Crippen molar-refractivity contribution in [2.75, 3.05) is 5.32 Å². The van der Waals surface area contributed by atoms with Crippen molar-refractivity contribution < 1.29 is 9.18 Å². The third kappa shape index (κ3) is 3.82. The Morgan fingerprint density at radius 2 is 2.00 bits per heavy atom. The van der Waals surface area contributed by atoms with E-state index in [2.05, 4.69) is 32.2 Å². The van der Waals surface area contributed by atoms with Crippen LogP contribution in [0.2, 0.25) is 0 Å². The molecule has 2 rings (SSSR count). The zero-order chi connectivity index (χ0) is 15.6. The highest BCUT2D eigenvalue weighted by Crippen LogP contribution is 2.30. The van der Waals surface area contributed by atoms with Crippen LogP contribution in [0.15, 0.2) is 30.3 Å². The summed E-state index contributed by atoms with van der Waals surface area (Å²) < 4.78 is 13.7. The highest BCUT2D eigenvalue weighted by Gasteiger charge is 2.16. The maximum Gasteiger partial charge on any atom is 0.248 e. The summed E-state index contributed by atoms with van der Waals surface area (Å²) in [7, 11) is 0. The number of benzene rings is 1. The second-order valence-corrected chi connectivity index (χ2v) is 7.10. The average Bonchev–Trinajstić information content (AvgIpc) is 2.86. The summed E-state index contributed by atoms with van der Waals surface area (Å²) in [4.78, 5) is 13.5. The molecule has 2 aromatic rings. The van der Waals surface area contributed by atoms with E-state index in [9.17, 15) is 9.18 Å². The van der Waals surface area contributed by atoms with Crippen molar-refractivity contribution in [3.63, 3.8) is 0 Å². The minimum atomic E-state index is -0.566. The summed E-state index contributed by atoms with van der Waals surface area (Å²) in [6.07, 6.45) is 0. The van der Waals surface area contributed by atoms with Gasteiger partial charge in [0.1, 0.15) is 5.82 Å². The summed E-state index contributed by atoms with van der Waals surface area (Å²) in [5.74, 6) is -0.961. The number of anilines is 1. The molecule has 0 radical (unpaired) electrons. The first kappa shape index (κ1) is 15.5. The SMILES string of the molecule is CC(C)(C)c1ccc(CNc2cc(C(N)=O)ccc2F)s1. The maximum atomic E-state index is 13.7. The molecule has 1 amide bonds. The van der Waals surface area contributed by atoms with E-state index in [0.29, 0.717) is 12.1 Å². The van der Waals surface area contributed by atoms with Gasteiger partial charge < -0.3 is 11.1 Å². The molecule has 3 N–H and O–H groups in total. The highest BCUT2D eigenvalue weighted by molar-refractivity contribution is 7.12. The van der Waals surface area contributed by atoms with Gasteiger partial charge in [-0.3, -0.25) is 4.79 Å². The zero-order valence-electron chi connectivity index (χ0n) is 12.4. The molecule has 0 aliphatic carbocycles. The van der Waals surface area contributed by atoms with Crippen LogP contribution in [0.4, 0.5) is 10.1 Å². The Morgan fingerprint density at radius 1 is 1.29 bits per heavy atom. The van der Waals surface area contributed by atoms with Crippen molar-refractivity contribution in [3.05, 3.63) is 51.5 Å². The molecule has 112 valence electrons. The molecular formula is C16H19FN2OS. The van der Waals surface area contributed by atoms with Crippen LogP contribution in [-0.2, 0) is 12.0 Å². The lowest BCUT2D eigenvalue weighted by molar-refractivity contribution is 0.100. The highest BCUT2D eigenvalue weighted by atomic mass is 32.1. The van der Waals surface area contributed by atoms with E-state index in [1.54, 1.807) is 11.3 Å². The number of nitrogens with one attached hydrogen (secondary N) is 1. The lowest BCUT2D eigenvalue weighted by Crippen LogP contribution is -2.12. The van der Waals surface area contributed by atoms with Crippen molar-refractivity contribution in [2.45, 2.75) is 32.7 Å².